The topological polar surface area (TPSA) is 102 Å². The quantitative estimate of drug-likeness (QED) is 0.670. The number of nitrogens with zero attached hydrogens (tertiary/aromatic N) is 3. The lowest BCUT2D eigenvalue weighted by Crippen LogP contribution is -2.39. The van der Waals surface area contributed by atoms with Gasteiger partial charge in [-0.15, -0.1) is 0 Å². The van der Waals surface area contributed by atoms with Crippen LogP contribution in [-0.4, -0.2) is 46.8 Å². The first-order chi connectivity index (χ1) is 14.7. The number of furan rings is 1. The Kier molecular flexibility index (Phi) is 5.69. The molecule has 2 N–H and O–H groups in total. The Hall–Kier alpha value is -3.75. The number of anilines is 2. The smallest absolute Gasteiger partial charge is 0.324 e. The fourth-order valence-electron chi connectivity index (χ4n) is 3.59. The Morgan fingerprint density at radius 3 is 2.63 bits per heavy atom. The van der Waals surface area contributed by atoms with Gasteiger partial charge in [-0.05, 0) is 37.1 Å². The highest BCUT2D eigenvalue weighted by Crippen LogP contribution is 2.27. The van der Waals surface area contributed by atoms with Crippen LogP contribution < -0.4 is 15.4 Å². The number of aromatic nitrogens is 2. The number of likely N-dealkylation sites (tertiary alicyclic amines) is 1. The zero-order valence-corrected chi connectivity index (χ0v) is 16.6. The number of carbonyl (C=O) groups excluding carboxylic acids is 2. The van der Waals surface area contributed by atoms with Crippen LogP contribution in [0.25, 0.3) is 0 Å². The van der Waals surface area contributed by atoms with Gasteiger partial charge in [0, 0.05) is 19.2 Å². The van der Waals surface area contributed by atoms with E-state index in [0.717, 1.165) is 12.8 Å². The molecule has 0 radical (unpaired) electrons. The average Bonchev–Trinajstić information content (AvgIpc) is 3.46. The molecule has 1 saturated heterocycles. The third-order valence-corrected chi connectivity index (χ3v) is 5.10. The Balaban J connectivity index is 1.37. The highest BCUT2D eigenvalue weighted by molar-refractivity contribution is 6.00. The van der Waals surface area contributed by atoms with E-state index in [9.17, 15) is 9.59 Å². The molecule has 4 rings (SSSR count). The van der Waals surface area contributed by atoms with Crippen LogP contribution in [0.15, 0.2) is 59.3 Å². The average molecular weight is 409 g/mol. The van der Waals surface area contributed by atoms with Crippen LogP contribution in [-0.2, 0) is 0 Å². The molecule has 1 aromatic carbocycles. The lowest BCUT2D eigenvalue weighted by molar-refractivity contribution is 0.0659. The largest absolute Gasteiger partial charge is 0.495 e. The van der Waals surface area contributed by atoms with Gasteiger partial charge in [0.05, 0.1) is 31.3 Å². The minimum atomic E-state index is -0.383. The second kappa shape index (κ2) is 8.73. The summed E-state index contributed by atoms with van der Waals surface area (Å²) in [5.41, 5.74) is 0.577. The number of hydrogen-bond donors (Lipinski definition) is 2. The van der Waals surface area contributed by atoms with Gasteiger partial charge in [0.2, 0.25) is 0 Å². The van der Waals surface area contributed by atoms with Gasteiger partial charge in [0.1, 0.15) is 11.6 Å². The lowest BCUT2D eigenvalue weighted by Gasteiger charge is -2.32. The number of para-hydroxylation sites is 2. The summed E-state index contributed by atoms with van der Waals surface area (Å²) in [6.45, 7) is 1.19. The van der Waals surface area contributed by atoms with E-state index >= 15 is 0 Å². The van der Waals surface area contributed by atoms with E-state index in [-0.39, 0.29) is 18.0 Å². The molecular formula is C21H23N5O4. The number of benzene rings is 1. The van der Waals surface area contributed by atoms with Crippen LogP contribution in [0.2, 0.25) is 0 Å². The molecule has 0 saturated carbocycles. The molecule has 0 spiro atoms. The Labute approximate surface area is 173 Å². The van der Waals surface area contributed by atoms with E-state index < -0.39 is 0 Å². The highest BCUT2D eigenvalue weighted by atomic mass is 16.5. The Morgan fingerprint density at radius 2 is 1.90 bits per heavy atom. The standard InChI is InChI=1S/C21H23N5O4/c1-29-17-6-3-2-5-16(17)23-21(28)24-19-8-11-22-26(19)15-9-12-25(13-10-15)20(27)18-7-4-14-30-18/h2-8,11,14-15H,9-10,12-13H2,1H3,(H2,23,24,28). The lowest BCUT2D eigenvalue weighted by atomic mass is 10.0. The predicted molar refractivity (Wildman–Crippen MR) is 111 cm³/mol. The number of ether oxygens (including phenoxy) is 1. The van der Waals surface area contributed by atoms with Crippen molar-refractivity contribution in [2.24, 2.45) is 0 Å². The Bertz CT molecular complexity index is 1010. The van der Waals surface area contributed by atoms with E-state index in [1.54, 1.807) is 53.2 Å². The summed E-state index contributed by atoms with van der Waals surface area (Å²) in [6.07, 6.45) is 4.62. The molecule has 2 aromatic heterocycles. The van der Waals surface area contributed by atoms with Crippen molar-refractivity contribution in [1.82, 2.24) is 14.7 Å². The molecule has 1 fully saturated rings. The molecule has 30 heavy (non-hydrogen) atoms. The zero-order valence-electron chi connectivity index (χ0n) is 16.6. The van der Waals surface area contributed by atoms with E-state index in [1.165, 1.54) is 6.26 Å². The first-order valence-electron chi connectivity index (χ1n) is 9.73. The molecule has 3 aromatic rings. The van der Waals surface area contributed by atoms with Crippen LogP contribution in [0, 0.1) is 0 Å². The number of urea groups is 1. The number of piperidine rings is 1. The number of hydrogen-bond acceptors (Lipinski definition) is 5. The molecule has 0 bridgehead atoms. The molecule has 0 atom stereocenters. The molecule has 3 amide bonds. The number of amides is 3. The molecule has 0 aliphatic carbocycles. The van der Waals surface area contributed by atoms with Crippen LogP contribution in [0.5, 0.6) is 5.75 Å². The summed E-state index contributed by atoms with van der Waals surface area (Å²) in [4.78, 5) is 26.7. The third kappa shape index (κ3) is 4.14. The molecule has 156 valence electrons. The first-order valence-corrected chi connectivity index (χ1v) is 9.73. The SMILES string of the molecule is COc1ccccc1NC(=O)Nc1ccnn1C1CCN(C(=O)c2ccco2)CC1. The summed E-state index contributed by atoms with van der Waals surface area (Å²) >= 11 is 0. The van der Waals surface area contributed by atoms with E-state index in [2.05, 4.69) is 15.7 Å². The summed E-state index contributed by atoms with van der Waals surface area (Å²) in [5.74, 6) is 1.42. The number of carbonyl (C=O) groups is 2. The fourth-order valence-corrected chi connectivity index (χ4v) is 3.59. The van der Waals surface area contributed by atoms with Gasteiger partial charge in [-0.2, -0.15) is 5.10 Å². The number of methoxy groups -OCH3 is 1. The maximum atomic E-state index is 12.5. The molecule has 9 heteroatoms. The van der Waals surface area contributed by atoms with Crippen molar-refractivity contribution in [2.75, 3.05) is 30.8 Å². The fraction of sp³-hybridized carbons (Fsp3) is 0.286. The van der Waals surface area contributed by atoms with Crippen molar-refractivity contribution in [3.8, 4) is 5.75 Å². The van der Waals surface area contributed by atoms with Crippen molar-refractivity contribution < 1.29 is 18.7 Å². The summed E-state index contributed by atoms with van der Waals surface area (Å²) in [6, 6.07) is 12.0. The molecule has 0 unspecified atom stereocenters. The predicted octanol–water partition coefficient (Wildman–Crippen LogP) is 3.61. The van der Waals surface area contributed by atoms with Gasteiger partial charge in [-0.25, -0.2) is 9.48 Å². The first kappa shape index (κ1) is 19.6. The van der Waals surface area contributed by atoms with Crippen molar-refractivity contribution in [3.05, 3.63) is 60.7 Å². The summed E-state index contributed by atoms with van der Waals surface area (Å²) in [5, 5.41) is 10.0. The minimum absolute atomic E-state index is 0.0854. The van der Waals surface area contributed by atoms with Crippen LogP contribution in [0.1, 0.15) is 29.4 Å². The van der Waals surface area contributed by atoms with E-state index in [4.69, 9.17) is 9.15 Å². The zero-order chi connectivity index (χ0) is 20.9. The van der Waals surface area contributed by atoms with Gasteiger partial charge >= 0.3 is 6.03 Å². The van der Waals surface area contributed by atoms with Gasteiger partial charge in [0.25, 0.3) is 5.91 Å². The number of rotatable bonds is 5. The molecular weight excluding hydrogens is 386 g/mol. The molecule has 3 heterocycles. The molecule has 1 aliphatic rings. The van der Waals surface area contributed by atoms with Gasteiger partial charge in [-0.3, -0.25) is 10.1 Å². The van der Waals surface area contributed by atoms with E-state index in [0.29, 0.717) is 36.1 Å². The second-order valence-electron chi connectivity index (χ2n) is 6.94. The maximum absolute atomic E-state index is 12.5. The van der Waals surface area contributed by atoms with Crippen LogP contribution in [0.3, 0.4) is 0 Å². The molecule has 9 nitrogen and oxygen atoms in total. The second-order valence-corrected chi connectivity index (χ2v) is 6.94. The Morgan fingerprint density at radius 1 is 1.10 bits per heavy atom. The van der Waals surface area contributed by atoms with E-state index in [1.807, 2.05) is 12.1 Å². The highest BCUT2D eigenvalue weighted by Gasteiger charge is 2.27. The van der Waals surface area contributed by atoms with Gasteiger partial charge in [0.15, 0.2) is 5.76 Å². The third-order valence-electron chi connectivity index (χ3n) is 5.10. The minimum Gasteiger partial charge on any atom is -0.495 e. The van der Waals surface area contributed by atoms with Crippen LogP contribution >= 0.6 is 0 Å². The number of nitrogens with one attached hydrogen (secondary N) is 2. The normalized spacial score (nSPS) is 14.4. The van der Waals surface area contributed by atoms with Crippen molar-refractivity contribution in [3.63, 3.8) is 0 Å². The van der Waals surface area contributed by atoms with Gasteiger partial charge in [-0.1, -0.05) is 12.1 Å². The van der Waals surface area contributed by atoms with Crippen LogP contribution in [0.4, 0.5) is 16.3 Å². The van der Waals surface area contributed by atoms with Crippen molar-refractivity contribution in [1.29, 1.82) is 0 Å². The van der Waals surface area contributed by atoms with Crippen molar-refractivity contribution in [2.45, 2.75) is 18.9 Å². The van der Waals surface area contributed by atoms with Crippen molar-refractivity contribution >= 4 is 23.4 Å². The maximum Gasteiger partial charge on any atom is 0.324 e. The van der Waals surface area contributed by atoms with Gasteiger partial charge < -0.3 is 19.4 Å². The molecule has 1 aliphatic heterocycles. The summed E-state index contributed by atoms with van der Waals surface area (Å²) < 4.78 is 12.3. The summed E-state index contributed by atoms with van der Waals surface area (Å²) in [7, 11) is 1.55. The monoisotopic (exact) mass is 409 g/mol.